The quantitative estimate of drug-likeness (QED) is 0.504. The summed E-state index contributed by atoms with van der Waals surface area (Å²) in [5.74, 6) is -0.166. The number of rotatable bonds is 5. The summed E-state index contributed by atoms with van der Waals surface area (Å²) in [6, 6.07) is 16.9. The summed E-state index contributed by atoms with van der Waals surface area (Å²) >= 11 is 0. The predicted molar refractivity (Wildman–Crippen MR) is 110 cm³/mol. The van der Waals surface area contributed by atoms with Crippen molar-refractivity contribution >= 4 is 17.7 Å². The fraction of sp³-hybridized carbons (Fsp3) is 0.130. The molecule has 0 fully saturated rings. The molecule has 1 N–H and O–H groups in total. The van der Waals surface area contributed by atoms with Crippen molar-refractivity contribution in [3.05, 3.63) is 82.9 Å². The second-order valence-corrected chi connectivity index (χ2v) is 6.49. The molecule has 1 amide bonds. The molecule has 2 aromatic carbocycles. The zero-order chi connectivity index (χ0) is 21.0. The molecule has 0 saturated heterocycles. The Morgan fingerprint density at radius 2 is 1.90 bits per heavy atom. The SMILES string of the molecule is COc1ccc(NC(=O)/C(C#N)=C\c2cc(C)n(-c3cccc(F)c3)c2C)cc1. The summed E-state index contributed by atoms with van der Waals surface area (Å²) < 4.78 is 20.6. The first kappa shape index (κ1) is 19.9. The third kappa shape index (κ3) is 4.36. The minimum atomic E-state index is -0.506. The molecule has 0 aliphatic rings. The molecular formula is C23H20FN3O2. The van der Waals surface area contributed by atoms with E-state index in [0.717, 1.165) is 11.4 Å². The van der Waals surface area contributed by atoms with Crippen LogP contribution in [0.4, 0.5) is 10.1 Å². The van der Waals surface area contributed by atoms with Gasteiger partial charge in [0.25, 0.3) is 5.91 Å². The summed E-state index contributed by atoms with van der Waals surface area (Å²) in [7, 11) is 1.56. The molecular weight excluding hydrogens is 369 g/mol. The zero-order valence-electron chi connectivity index (χ0n) is 16.4. The van der Waals surface area contributed by atoms with Crippen molar-refractivity contribution in [3.63, 3.8) is 0 Å². The largest absolute Gasteiger partial charge is 0.497 e. The van der Waals surface area contributed by atoms with Crippen LogP contribution < -0.4 is 10.1 Å². The molecule has 0 bridgehead atoms. The maximum absolute atomic E-state index is 13.6. The van der Waals surface area contributed by atoms with Gasteiger partial charge in [0.1, 0.15) is 23.2 Å². The Bertz CT molecular complexity index is 1120. The highest BCUT2D eigenvalue weighted by Gasteiger charge is 2.14. The van der Waals surface area contributed by atoms with Crippen molar-refractivity contribution in [2.75, 3.05) is 12.4 Å². The van der Waals surface area contributed by atoms with Crippen LogP contribution in [0.1, 0.15) is 17.0 Å². The van der Waals surface area contributed by atoms with Crippen LogP contribution in [-0.2, 0) is 4.79 Å². The van der Waals surface area contributed by atoms with E-state index in [-0.39, 0.29) is 11.4 Å². The molecule has 0 atom stereocenters. The fourth-order valence-corrected chi connectivity index (χ4v) is 3.12. The molecule has 3 rings (SSSR count). The van der Waals surface area contributed by atoms with E-state index in [1.165, 1.54) is 18.2 Å². The van der Waals surface area contributed by atoms with Gasteiger partial charge < -0.3 is 14.6 Å². The Kier molecular flexibility index (Phi) is 5.79. The maximum Gasteiger partial charge on any atom is 0.266 e. The lowest BCUT2D eigenvalue weighted by Crippen LogP contribution is -2.13. The highest BCUT2D eigenvalue weighted by atomic mass is 19.1. The molecule has 0 radical (unpaired) electrons. The van der Waals surface area contributed by atoms with Gasteiger partial charge >= 0.3 is 0 Å². The minimum absolute atomic E-state index is 0.0275. The molecule has 6 heteroatoms. The van der Waals surface area contributed by atoms with E-state index in [0.29, 0.717) is 22.7 Å². The van der Waals surface area contributed by atoms with Gasteiger partial charge in [-0.05, 0) is 74.0 Å². The monoisotopic (exact) mass is 389 g/mol. The third-order valence-electron chi connectivity index (χ3n) is 4.55. The lowest BCUT2D eigenvalue weighted by molar-refractivity contribution is -0.112. The number of anilines is 1. The molecule has 0 aliphatic heterocycles. The number of carbonyl (C=O) groups is 1. The number of nitrogens with zero attached hydrogens (tertiary/aromatic N) is 2. The standard InChI is InChI=1S/C23H20FN3O2/c1-15-11-17(16(2)27(15)21-6-4-5-19(24)13-21)12-18(14-25)23(28)26-20-7-9-22(29-3)10-8-20/h4-13H,1-3H3,(H,26,28)/b18-12-. The number of benzene rings is 2. The lowest BCUT2D eigenvalue weighted by atomic mass is 10.1. The van der Waals surface area contributed by atoms with Gasteiger partial charge in [0.15, 0.2) is 0 Å². The number of aromatic nitrogens is 1. The van der Waals surface area contributed by atoms with Gasteiger partial charge in [-0.3, -0.25) is 4.79 Å². The summed E-state index contributed by atoms with van der Waals surface area (Å²) in [6.07, 6.45) is 1.54. The van der Waals surface area contributed by atoms with Crippen LogP contribution in [0.25, 0.3) is 11.8 Å². The molecule has 1 aromatic heterocycles. The van der Waals surface area contributed by atoms with E-state index in [1.807, 2.05) is 30.6 Å². The second-order valence-electron chi connectivity index (χ2n) is 6.49. The fourth-order valence-electron chi connectivity index (χ4n) is 3.12. The number of methoxy groups -OCH3 is 1. The Morgan fingerprint density at radius 1 is 1.17 bits per heavy atom. The van der Waals surface area contributed by atoms with Crippen molar-refractivity contribution in [2.45, 2.75) is 13.8 Å². The Morgan fingerprint density at radius 3 is 2.52 bits per heavy atom. The summed E-state index contributed by atoms with van der Waals surface area (Å²) in [4.78, 5) is 12.5. The number of aryl methyl sites for hydroxylation is 1. The van der Waals surface area contributed by atoms with Crippen LogP contribution in [0.15, 0.2) is 60.2 Å². The highest BCUT2D eigenvalue weighted by Crippen LogP contribution is 2.24. The van der Waals surface area contributed by atoms with E-state index in [9.17, 15) is 14.4 Å². The van der Waals surface area contributed by atoms with Crippen molar-refractivity contribution in [1.82, 2.24) is 4.57 Å². The normalized spacial score (nSPS) is 11.1. The maximum atomic E-state index is 13.6. The average Bonchev–Trinajstić information content (AvgIpc) is 2.99. The van der Waals surface area contributed by atoms with E-state index in [2.05, 4.69) is 5.32 Å². The molecule has 146 valence electrons. The van der Waals surface area contributed by atoms with Crippen molar-refractivity contribution in [1.29, 1.82) is 5.26 Å². The number of nitriles is 1. The van der Waals surface area contributed by atoms with Gasteiger partial charge in [0, 0.05) is 22.8 Å². The molecule has 0 unspecified atom stereocenters. The van der Waals surface area contributed by atoms with Crippen LogP contribution in [0.3, 0.4) is 0 Å². The molecule has 0 aliphatic carbocycles. The first-order chi connectivity index (χ1) is 13.9. The molecule has 1 heterocycles. The van der Waals surface area contributed by atoms with Gasteiger partial charge in [-0.2, -0.15) is 5.26 Å². The lowest BCUT2D eigenvalue weighted by Gasteiger charge is -2.09. The molecule has 29 heavy (non-hydrogen) atoms. The van der Waals surface area contributed by atoms with Crippen LogP contribution in [-0.4, -0.2) is 17.6 Å². The number of carbonyl (C=O) groups excluding carboxylic acids is 1. The van der Waals surface area contributed by atoms with Crippen LogP contribution in [0.5, 0.6) is 5.75 Å². The summed E-state index contributed by atoms with van der Waals surface area (Å²) in [6.45, 7) is 3.75. The van der Waals surface area contributed by atoms with Gasteiger partial charge in [0.2, 0.25) is 0 Å². The van der Waals surface area contributed by atoms with Gasteiger partial charge in [-0.15, -0.1) is 0 Å². The van der Waals surface area contributed by atoms with Crippen LogP contribution in [0, 0.1) is 31.0 Å². The van der Waals surface area contributed by atoms with Gasteiger partial charge in [0.05, 0.1) is 7.11 Å². The minimum Gasteiger partial charge on any atom is -0.497 e. The Labute approximate surface area is 168 Å². The molecule has 0 saturated carbocycles. The number of amides is 1. The molecule has 3 aromatic rings. The van der Waals surface area contributed by atoms with E-state index in [4.69, 9.17) is 4.74 Å². The number of halogens is 1. The van der Waals surface area contributed by atoms with Crippen molar-refractivity contribution < 1.29 is 13.9 Å². The Balaban J connectivity index is 1.90. The van der Waals surface area contributed by atoms with Crippen molar-refractivity contribution in [3.8, 4) is 17.5 Å². The number of nitrogens with one attached hydrogen (secondary N) is 1. The number of hydrogen-bond donors (Lipinski definition) is 1. The van der Waals surface area contributed by atoms with E-state index < -0.39 is 5.91 Å². The highest BCUT2D eigenvalue weighted by molar-refractivity contribution is 6.09. The summed E-state index contributed by atoms with van der Waals surface area (Å²) in [5.41, 5.74) is 3.60. The predicted octanol–water partition coefficient (Wildman–Crippen LogP) is 4.79. The van der Waals surface area contributed by atoms with Gasteiger partial charge in [-0.1, -0.05) is 6.07 Å². The first-order valence-corrected chi connectivity index (χ1v) is 8.95. The second kappa shape index (κ2) is 8.44. The van der Waals surface area contributed by atoms with Crippen LogP contribution >= 0.6 is 0 Å². The first-order valence-electron chi connectivity index (χ1n) is 8.95. The van der Waals surface area contributed by atoms with Crippen LogP contribution in [0.2, 0.25) is 0 Å². The molecule has 0 spiro atoms. The van der Waals surface area contributed by atoms with Gasteiger partial charge in [-0.25, -0.2) is 4.39 Å². The Hall–Kier alpha value is -3.85. The number of hydrogen-bond acceptors (Lipinski definition) is 3. The zero-order valence-corrected chi connectivity index (χ0v) is 16.4. The topological polar surface area (TPSA) is 67.0 Å². The summed E-state index contributed by atoms with van der Waals surface area (Å²) in [5, 5.41) is 12.2. The van der Waals surface area contributed by atoms with E-state index in [1.54, 1.807) is 43.5 Å². The van der Waals surface area contributed by atoms with E-state index >= 15 is 0 Å². The smallest absolute Gasteiger partial charge is 0.266 e. The molecule has 5 nitrogen and oxygen atoms in total. The average molecular weight is 389 g/mol. The van der Waals surface area contributed by atoms with Crippen molar-refractivity contribution in [2.24, 2.45) is 0 Å². The number of ether oxygens (including phenoxy) is 1. The third-order valence-corrected chi connectivity index (χ3v) is 4.55.